The van der Waals surface area contributed by atoms with E-state index in [0.29, 0.717) is 0 Å². The molecule has 1 heterocycles. The second kappa shape index (κ2) is 4.49. The summed E-state index contributed by atoms with van der Waals surface area (Å²) < 4.78 is 2.31. The first-order valence-corrected chi connectivity index (χ1v) is 5.63. The maximum absolute atomic E-state index is 5.56. The van der Waals surface area contributed by atoms with Crippen LogP contribution in [-0.4, -0.2) is 11.1 Å². The van der Waals surface area contributed by atoms with Crippen LogP contribution in [0.15, 0.2) is 30.5 Å². The van der Waals surface area contributed by atoms with Gasteiger partial charge in [-0.2, -0.15) is 0 Å². The van der Waals surface area contributed by atoms with Crippen molar-refractivity contribution < 1.29 is 0 Å². The quantitative estimate of drug-likeness (QED) is 0.811. The number of hydrogen-bond acceptors (Lipinski definition) is 1. The first-order valence-electron chi connectivity index (χ1n) is 5.63. The minimum atomic E-state index is 0.767. The van der Waals surface area contributed by atoms with Crippen LogP contribution in [0.3, 0.4) is 0 Å². The van der Waals surface area contributed by atoms with Gasteiger partial charge in [0.05, 0.1) is 5.52 Å². The van der Waals surface area contributed by atoms with Crippen LogP contribution >= 0.6 is 0 Å². The van der Waals surface area contributed by atoms with Gasteiger partial charge in [-0.1, -0.05) is 18.2 Å². The van der Waals surface area contributed by atoms with Crippen LogP contribution in [-0.2, 0) is 13.0 Å². The number of benzene rings is 1. The van der Waals surface area contributed by atoms with E-state index in [1.54, 1.807) is 0 Å². The standard InChI is InChI=1S/C13H18N2/c1-2-15-10-8-12-6-3-5-11(13(12)15)7-4-9-14/h3,5-6,8,10H,2,4,7,9,14H2,1H3. The Balaban J connectivity index is 2.47. The van der Waals surface area contributed by atoms with Gasteiger partial charge in [0.25, 0.3) is 0 Å². The van der Waals surface area contributed by atoms with E-state index in [4.69, 9.17) is 5.73 Å². The summed E-state index contributed by atoms with van der Waals surface area (Å²) in [6.45, 7) is 3.98. The van der Waals surface area contributed by atoms with Gasteiger partial charge in [0, 0.05) is 12.7 Å². The lowest BCUT2D eigenvalue weighted by Crippen LogP contribution is -2.02. The van der Waals surface area contributed by atoms with Crippen molar-refractivity contribution >= 4 is 10.9 Å². The molecule has 1 aromatic carbocycles. The second-order valence-electron chi connectivity index (χ2n) is 3.85. The first-order chi connectivity index (χ1) is 7.36. The number of nitrogens with zero attached hydrogens (tertiary/aromatic N) is 1. The van der Waals surface area contributed by atoms with Crippen molar-refractivity contribution in [2.24, 2.45) is 5.73 Å². The Kier molecular flexibility index (Phi) is 3.07. The summed E-state index contributed by atoms with van der Waals surface area (Å²) in [5.41, 5.74) is 8.36. The van der Waals surface area contributed by atoms with Crippen molar-refractivity contribution in [3.63, 3.8) is 0 Å². The Bertz CT molecular complexity index is 443. The molecule has 2 heteroatoms. The maximum atomic E-state index is 5.56. The highest BCUT2D eigenvalue weighted by atomic mass is 14.9. The number of rotatable bonds is 4. The van der Waals surface area contributed by atoms with Gasteiger partial charge in [0.15, 0.2) is 0 Å². The van der Waals surface area contributed by atoms with E-state index in [1.165, 1.54) is 16.5 Å². The average Bonchev–Trinajstić information content (AvgIpc) is 2.69. The van der Waals surface area contributed by atoms with Crippen molar-refractivity contribution in [2.45, 2.75) is 26.3 Å². The van der Waals surface area contributed by atoms with E-state index in [9.17, 15) is 0 Å². The smallest absolute Gasteiger partial charge is 0.0512 e. The van der Waals surface area contributed by atoms with Gasteiger partial charge in [-0.15, -0.1) is 0 Å². The van der Waals surface area contributed by atoms with Gasteiger partial charge in [0.2, 0.25) is 0 Å². The molecule has 2 aromatic rings. The van der Waals surface area contributed by atoms with Crippen molar-refractivity contribution in [1.82, 2.24) is 4.57 Å². The van der Waals surface area contributed by atoms with E-state index in [2.05, 4.69) is 42.0 Å². The van der Waals surface area contributed by atoms with Crippen LogP contribution in [0.25, 0.3) is 10.9 Å². The maximum Gasteiger partial charge on any atom is 0.0512 e. The molecule has 2 N–H and O–H groups in total. The van der Waals surface area contributed by atoms with Crippen LogP contribution in [0.4, 0.5) is 0 Å². The minimum absolute atomic E-state index is 0.767. The molecule has 0 saturated heterocycles. The summed E-state index contributed by atoms with van der Waals surface area (Å²) in [5.74, 6) is 0. The lowest BCUT2D eigenvalue weighted by Gasteiger charge is -2.07. The number of fused-ring (bicyclic) bond motifs is 1. The molecule has 15 heavy (non-hydrogen) atoms. The topological polar surface area (TPSA) is 30.9 Å². The molecule has 2 rings (SSSR count). The third-order valence-electron chi connectivity index (χ3n) is 2.86. The highest BCUT2D eigenvalue weighted by Crippen LogP contribution is 2.21. The van der Waals surface area contributed by atoms with Crippen molar-refractivity contribution in [3.05, 3.63) is 36.0 Å². The highest BCUT2D eigenvalue weighted by molar-refractivity contribution is 5.83. The molecule has 0 spiro atoms. The van der Waals surface area contributed by atoms with Gasteiger partial charge in [-0.25, -0.2) is 0 Å². The van der Waals surface area contributed by atoms with Crippen LogP contribution in [0.2, 0.25) is 0 Å². The molecule has 0 saturated carbocycles. The second-order valence-corrected chi connectivity index (χ2v) is 3.85. The fourth-order valence-electron chi connectivity index (χ4n) is 2.10. The normalized spacial score (nSPS) is 11.1. The molecule has 0 aliphatic rings. The fraction of sp³-hybridized carbons (Fsp3) is 0.385. The molecular formula is C13H18N2. The zero-order chi connectivity index (χ0) is 10.7. The zero-order valence-corrected chi connectivity index (χ0v) is 9.24. The third-order valence-corrected chi connectivity index (χ3v) is 2.86. The third kappa shape index (κ3) is 1.90. The molecule has 0 fully saturated rings. The Morgan fingerprint density at radius 1 is 1.27 bits per heavy atom. The van der Waals surface area contributed by atoms with Crippen molar-refractivity contribution in [3.8, 4) is 0 Å². The molecule has 0 aliphatic carbocycles. The average molecular weight is 202 g/mol. The summed E-state index contributed by atoms with van der Waals surface area (Å²) in [6, 6.07) is 8.70. The summed E-state index contributed by atoms with van der Waals surface area (Å²) in [6.07, 6.45) is 4.31. The van der Waals surface area contributed by atoms with Crippen LogP contribution in [0.1, 0.15) is 18.9 Å². The van der Waals surface area contributed by atoms with E-state index < -0.39 is 0 Å². The summed E-state index contributed by atoms with van der Waals surface area (Å²) >= 11 is 0. The first kappa shape index (κ1) is 10.2. The van der Waals surface area contributed by atoms with Crippen molar-refractivity contribution in [1.29, 1.82) is 0 Å². The molecule has 0 amide bonds. The summed E-state index contributed by atoms with van der Waals surface area (Å²) in [5, 5.41) is 1.34. The van der Waals surface area contributed by atoms with Crippen LogP contribution in [0.5, 0.6) is 0 Å². The molecular weight excluding hydrogens is 184 g/mol. The number of para-hydroxylation sites is 1. The molecule has 1 aromatic heterocycles. The predicted molar refractivity (Wildman–Crippen MR) is 65.0 cm³/mol. The number of aromatic nitrogens is 1. The Hall–Kier alpha value is -1.28. The van der Waals surface area contributed by atoms with Crippen LogP contribution < -0.4 is 5.73 Å². The molecule has 2 nitrogen and oxygen atoms in total. The van der Waals surface area contributed by atoms with Gasteiger partial charge in [0.1, 0.15) is 0 Å². The molecule has 80 valence electrons. The van der Waals surface area contributed by atoms with Gasteiger partial charge in [-0.3, -0.25) is 0 Å². The Morgan fingerprint density at radius 3 is 2.87 bits per heavy atom. The summed E-state index contributed by atoms with van der Waals surface area (Å²) in [4.78, 5) is 0. The van der Waals surface area contributed by atoms with E-state index in [-0.39, 0.29) is 0 Å². The van der Waals surface area contributed by atoms with E-state index in [1.807, 2.05) is 0 Å². The van der Waals surface area contributed by atoms with E-state index in [0.717, 1.165) is 25.9 Å². The molecule has 0 aliphatic heterocycles. The lowest BCUT2D eigenvalue weighted by atomic mass is 10.1. The SMILES string of the molecule is CCn1ccc2cccc(CCCN)c21. The number of aryl methyl sites for hydroxylation is 2. The Labute approximate surface area is 90.7 Å². The number of nitrogens with two attached hydrogens (primary N) is 1. The molecule has 0 unspecified atom stereocenters. The van der Waals surface area contributed by atoms with Gasteiger partial charge in [-0.05, 0) is 43.3 Å². The lowest BCUT2D eigenvalue weighted by molar-refractivity contribution is 0.782. The molecule has 0 radical (unpaired) electrons. The van der Waals surface area contributed by atoms with Gasteiger partial charge >= 0.3 is 0 Å². The van der Waals surface area contributed by atoms with E-state index >= 15 is 0 Å². The monoisotopic (exact) mass is 202 g/mol. The highest BCUT2D eigenvalue weighted by Gasteiger charge is 2.04. The van der Waals surface area contributed by atoms with Crippen LogP contribution in [0, 0.1) is 0 Å². The fourth-order valence-corrected chi connectivity index (χ4v) is 2.10. The van der Waals surface area contributed by atoms with Gasteiger partial charge < -0.3 is 10.3 Å². The number of hydrogen-bond donors (Lipinski definition) is 1. The predicted octanol–water partition coefficient (Wildman–Crippen LogP) is 2.55. The molecule has 0 bridgehead atoms. The Morgan fingerprint density at radius 2 is 2.13 bits per heavy atom. The molecule has 0 atom stereocenters. The largest absolute Gasteiger partial charge is 0.348 e. The summed E-state index contributed by atoms with van der Waals surface area (Å²) in [7, 11) is 0. The zero-order valence-electron chi connectivity index (χ0n) is 9.24. The van der Waals surface area contributed by atoms with Crippen molar-refractivity contribution in [2.75, 3.05) is 6.54 Å². The minimum Gasteiger partial charge on any atom is -0.348 e.